The van der Waals surface area contributed by atoms with Gasteiger partial charge in [-0.1, -0.05) is 6.42 Å². The Morgan fingerprint density at radius 3 is 2.53 bits per heavy atom. The number of fused-ring (bicyclic) bond motifs is 6. The molecule has 0 radical (unpaired) electrons. The van der Waals surface area contributed by atoms with Crippen molar-refractivity contribution in [2.45, 2.75) is 106 Å². The molecule has 2 aromatic carbocycles. The van der Waals surface area contributed by atoms with Crippen LogP contribution in [0.3, 0.4) is 0 Å². The van der Waals surface area contributed by atoms with Crippen molar-refractivity contribution in [2.24, 2.45) is 0 Å². The van der Waals surface area contributed by atoms with E-state index in [-0.39, 0.29) is 58.3 Å². The smallest absolute Gasteiger partial charge is 0.319 e. The molecule has 250 valence electrons. The van der Waals surface area contributed by atoms with Crippen molar-refractivity contribution in [1.82, 2.24) is 20.2 Å². The van der Waals surface area contributed by atoms with Crippen molar-refractivity contribution in [3.63, 3.8) is 0 Å². The minimum Gasteiger partial charge on any atom is -0.508 e. The Balaban J connectivity index is 1.19. The van der Waals surface area contributed by atoms with Crippen LogP contribution in [0.25, 0.3) is 22.0 Å². The monoisotopic (exact) mass is 655 g/mol. The number of hydrogen-bond donors (Lipinski definition) is 2. The minimum absolute atomic E-state index is 0.0639. The zero-order chi connectivity index (χ0) is 32.5. The Hall–Kier alpha value is -3.25. The predicted octanol–water partition coefficient (Wildman–Crippen LogP) is 6.48. The molecule has 2 bridgehead atoms. The molecule has 5 fully saturated rings. The third kappa shape index (κ3) is 4.35. The van der Waals surface area contributed by atoms with Gasteiger partial charge in [-0.05, 0) is 81.3 Å². The first-order chi connectivity index (χ1) is 22.5. The van der Waals surface area contributed by atoms with E-state index >= 15 is 17.6 Å². The summed E-state index contributed by atoms with van der Waals surface area (Å²) in [6, 6.07) is 3.52. The van der Waals surface area contributed by atoms with Gasteiger partial charge in [-0.2, -0.15) is 9.97 Å². The molecule has 2 unspecified atom stereocenters. The highest BCUT2D eigenvalue weighted by atomic mass is 19.3. The van der Waals surface area contributed by atoms with Crippen LogP contribution in [-0.4, -0.2) is 76.1 Å². The molecule has 12 heteroatoms. The molecule has 7 nitrogen and oxygen atoms in total. The van der Waals surface area contributed by atoms with E-state index in [1.165, 1.54) is 12.1 Å². The van der Waals surface area contributed by atoms with Crippen LogP contribution in [0.5, 0.6) is 11.8 Å². The molecular weight excluding hydrogens is 617 g/mol. The number of phenolic OH excluding ortho intramolecular Hbond substituents is 1. The number of piperazine rings is 1. The SMILES string of the molecule is C[C@H]1[C@H](F)C[C@]2(COc3nc(N4CC5CCC(C4)N5)c4cc(F)c(-c5cc(O)cc6c5C5(CCC5)CC6(F)F)c(F)c4n3)CCCN12. The fourth-order valence-electron chi connectivity index (χ4n) is 9.96. The Bertz CT molecular complexity index is 1790. The maximum Gasteiger partial charge on any atom is 0.319 e. The van der Waals surface area contributed by atoms with Crippen LogP contribution in [0.2, 0.25) is 0 Å². The molecular formula is C35H38F5N5O2. The average Bonchev–Trinajstić information content (AvgIpc) is 3.71. The lowest BCUT2D eigenvalue weighted by Gasteiger charge is -2.40. The number of hydrogen-bond acceptors (Lipinski definition) is 7. The van der Waals surface area contributed by atoms with Gasteiger partial charge in [-0.3, -0.25) is 4.90 Å². The van der Waals surface area contributed by atoms with E-state index in [4.69, 9.17) is 9.72 Å². The third-order valence-corrected chi connectivity index (χ3v) is 12.3. The van der Waals surface area contributed by atoms with E-state index in [0.717, 1.165) is 44.7 Å². The van der Waals surface area contributed by atoms with Crippen molar-refractivity contribution >= 4 is 16.7 Å². The number of rotatable bonds is 5. The van der Waals surface area contributed by atoms with Crippen LogP contribution in [-0.2, 0) is 11.3 Å². The first-order valence-corrected chi connectivity index (χ1v) is 17.0. The van der Waals surface area contributed by atoms with Gasteiger partial charge in [0.05, 0.1) is 11.1 Å². The molecule has 1 saturated carbocycles. The van der Waals surface area contributed by atoms with Gasteiger partial charge in [0.2, 0.25) is 0 Å². The molecule has 9 rings (SSSR count). The van der Waals surface area contributed by atoms with Crippen LogP contribution in [0.1, 0.15) is 75.8 Å². The summed E-state index contributed by atoms with van der Waals surface area (Å²) in [6.07, 6.45) is 4.24. The molecule has 1 spiro atoms. The second-order valence-corrected chi connectivity index (χ2v) is 15.0. The topological polar surface area (TPSA) is 73.8 Å². The first-order valence-electron chi connectivity index (χ1n) is 17.0. The number of alkyl halides is 3. The van der Waals surface area contributed by atoms with Crippen molar-refractivity contribution < 1.29 is 31.8 Å². The van der Waals surface area contributed by atoms with E-state index in [2.05, 4.69) is 15.2 Å². The molecule has 5 heterocycles. The van der Waals surface area contributed by atoms with Gasteiger partial charge in [0.1, 0.15) is 35.7 Å². The van der Waals surface area contributed by atoms with Gasteiger partial charge in [0.25, 0.3) is 5.92 Å². The number of anilines is 1. The summed E-state index contributed by atoms with van der Waals surface area (Å²) in [7, 11) is 0. The molecule has 2 aliphatic carbocycles. The number of ether oxygens (including phenoxy) is 1. The van der Waals surface area contributed by atoms with Crippen LogP contribution in [0.15, 0.2) is 18.2 Å². The molecule has 0 amide bonds. The Labute approximate surface area is 269 Å². The normalized spacial score (nSPS) is 31.8. The zero-order valence-electron chi connectivity index (χ0n) is 26.3. The molecule has 4 aliphatic heterocycles. The third-order valence-electron chi connectivity index (χ3n) is 12.3. The lowest BCUT2D eigenvalue weighted by Crippen LogP contribution is -2.51. The summed E-state index contributed by atoms with van der Waals surface area (Å²) >= 11 is 0. The van der Waals surface area contributed by atoms with Crippen LogP contribution < -0.4 is 15.0 Å². The molecule has 6 aliphatic rings. The van der Waals surface area contributed by atoms with Gasteiger partial charge < -0.3 is 20.1 Å². The van der Waals surface area contributed by atoms with Crippen LogP contribution in [0.4, 0.5) is 27.8 Å². The highest BCUT2D eigenvalue weighted by molar-refractivity contribution is 5.94. The molecule has 2 N–H and O–H groups in total. The second-order valence-electron chi connectivity index (χ2n) is 15.0. The fraction of sp³-hybridized carbons (Fsp3) is 0.600. The standard InChI is InChI=1S/C35H38F5N5O2/c1-18-26(37)13-34(8-3-9-45(18)34)17-47-32-42-30-23(31(43-32)44-14-19-4-5-20(15-44)41-19)12-25(36)27(29(30)38)22-10-21(46)11-24-28(22)33(6-2-7-33)16-35(24,39)40/h10-12,18-20,26,41,46H,2-9,13-17H2,1H3/t18-,19?,20?,26+,34-/m0/s1. The van der Waals surface area contributed by atoms with Gasteiger partial charge >= 0.3 is 6.01 Å². The maximum atomic E-state index is 17.0. The fourth-order valence-corrected chi connectivity index (χ4v) is 9.96. The van der Waals surface area contributed by atoms with Crippen molar-refractivity contribution in [3.8, 4) is 22.9 Å². The molecule has 1 aromatic heterocycles. The number of nitrogens with zero attached hydrogens (tertiary/aromatic N) is 4. The Morgan fingerprint density at radius 1 is 1.04 bits per heavy atom. The van der Waals surface area contributed by atoms with E-state index < -0.39 is 52.4 Å². The van der Waals surface area contributed by atoms with Crippen molar-refractivity contribution in [3.05, 3.63) is 41.0 Å². The first kappa shape index (κ1) is 29.9. The summed E-state index contributed by atoms with van der Waals surface area (Å²) in [5.41, 5.74) is -2.30. The zero-order valence-corrected chi connectivity index (χ0v) is 26.3. The highest BCUT2D eigenvalue weighted by Gasteiger charge is 2.58. The maximum absolute atomic E-state index is 17.0. The predicted molar refractivity (Wildman–Crippen MR) is 166 cm³/mol. The van der Waals surface area contributed by atoms with Gasteiger partial charge in [0.15, 0.2) is 5.82 Å². The molecule has 4 saturated heterocycles. The Kier molecular flexibility index (Phi) is 6.44. The van der Waals surface area contributed by atoms with Crippen molar-refractivity contribution in [1.29, 1.82) is 0 Å². The van der Waals surface area contributed by atoms with Gasteiger partial charge in [-0.15, -0.1) is 0 Å². The van der Waals surface area contributed by atoms with E-state index in [1.807, 2.05) is 11.8 Å². The largest absolute Gasteiger partial charge is 0.508 e. The van der Waals surface area contributed by atoms with Crippen LogP contribution >= 0.6 is 0 Å². The van der Waals surface area contributed by atoms with E-state index in [9.17, 15) is 9.50 Å². The van der Waals surface area contributed by atoms with Gasteiger partial charge in [0, 0.05) is 60.4 Å². The molecule has 3 aromatic rings. The van der Waals surface area contributed by atoms with E-state index in [0.29, 0.717) is 38.2 Å². The summed E-state index contributed by atoms with van der Waals surface area (Å²) in [5, 5.41) is 14.3. The highest BCUT2D eigenvalue weighted by Crippen LogP contribution is 2.63. The minimum atomic E-state index is -3.23. The Morgan fingerprint density at radius 2 is 1.81 bits per heavy atom. The molecule has 5 atom stereocenters. The summed E-state index contributed by atoms with van der Waals surface area (Å²) in [5.74, 6) is -5.30. The summed E-state index contributed by atoms with van der Waals surface area (Å²) in [6.45, 7) is 3.95. The molecule has 47 heavy (non-hydrogen) atoms. The summed E-state index contributed by atoms with van der Waals surface area (Å²) in [4.78, 5) is 13.4. The number of aromatic hydroxyl groups is 1. The van der Waals surface area contributed by atoms with Crippen LogP contribution in [0, 0.1) is 11.6 Å². The van der Waals surface area contributed by atoms with E-state index in [1.54, 1.807) is 0 Å². The second kappa shape index (κ2) is 10.1. The average molecular weight is 656 g/mol. The number of halogens is 5. The number of benzene rings is 2. The lowest BCUT2D eigenvalue weighted by atomic mass is 9.63. The quantitative estimate of drug-likeness (QED) is 0.305. The lowest BCUT2D eigenvalue weighted by molar-refractivity contribution is -0.0286. The number of nitrogens with one attached hydrogen (secondary N) is 1. The summed E-state index contributed by atoms with van der Waals surface area (Å²) < 4.78 is 85.1. The van der Waals surface area contributed by atoms with Gasteiger partial charge in [-0.25, -0.2) is 22.0 Å². The number of phenols is 1. The van der Waals surface area contributed by atoms with Crippen molar-refractivity contribution in [2.75, 3.05) is 31.1 Å². The number of aromatic nitrogens is 2.